The number of likely N-dealkylation sites (tertiary alicyclic amines) is 1. The van der Waals surface area contributed by atoms with Crippen LogP contribution >= 0.6 is 0 Å². The highest BCUT2D eigenvalue weighted by atomic mass is 16.4. The van der Waals surface area contributed by atoms with E-state index < -0.39 is 6.09 Å². The predicted molar refractivity (Wildman–Crippen MR) is 68.6 cm³/mol. The Balaban J connectivity index is 2.78. The van der Waals surface area contributed by atoms with Crippen LogP contribution in [0.25, 0.3) is 0 Å². The number of hydrogen-bond acceptors (Lipinski definition) is 3. The zero-order valence-electron chi connectivity index (χ0n) is 11.8. The summed E-state index contributed by atoms with van der Waals surface area (Å²) in [4.78, 5) is 36.3. The number of carboxylic acid groups (broad SMARTS) is 1. The third-order valence-electron chi connectivity index (χ3n) is 3.68. The van der Waals surface area contributed by atoms with Crippen LogP contribution in [0.3, 0.4) is 0 Å². The minimum atomic E-state index is -1.11. The molecule has 0 aromatic heterocycles. The fourth-order valence-corrected chi connectivity index (χ4v) is 2.58. The van der Waals surface area contributed by atoms with Crippen molar-refractivity contribution in [2.75, 3.05) is 13.1 Å². The van der Waals surface area contributed by atoms with E-state index >= 15 is 0 Å². The summed E-state index contributed by atoms with van der Waals surface area (Å²) in [6, 6.07) is -0.375. The predicted octanol–water partition coefficient (Wildman–Crippen LogP) is 0.0800. The zero-order valence-corrected chi connectivity index (χ0v) is 11.8. The molecule has 0 aromatic carbocycles. The molecule has 0 aromatic rings. The van der Waals surface area contributed by atoms with Crippen LogP contribution in [-0.4, -0.2) is 46.9 Å². The minimum Gasteiger partial charge on any atom is -0.436 e. The highest BCUT2D eigenvalue weighted by Crippen LogP contribution is 2.29. The molecule has 0 spiro atoms. The number of carbonyl (C=O) groups is 3. The molecule has 6 nitrogen and oxygen atoms in total. The van der Waals surface area contributed by atoms with Crippen molar-refractivity contribution < 1.29 is 24.8 Å². The number of amides is 2. The minimum absolute atomic E-state index is 0.0769. The molecule has 1 aliphatic rings. The van der Waals surface area contributed by atoms with Gasteiger partial charge in [0, 0.05) is 12.5 Å². The van der Waals surface area contributed by atoms with Crippen LogP contribution in [0.15, 0.2) is 0 Å². The van der Waals surface area contributed by atoms with Gasteiger partial charge in [-0.3, -0.25) is 9.59 Å². The molecule has 1 rings (SSSR count). The molecule has 19 heavy (non-hydrogen) atoms. The Hall–Kier alpha value is -1.43. The van der Waals surface area contributed by atoms with E-state index in [1.807, 2.05) is 20.8 Å². The second kappa shape index (κ2) is 6.65. The average Bonchev–Trinajstić information content (AvgIpc) is 2.78. The number of carbonyl (C=O) groups excluding carboxylic acids is 2. The summed E-state index contributed by atoms with van der Waals surface area (Å²) in [5.74, 6) is -0.107. The first-order valence-corrected chi connectivity index (χ1v) is 6.77. The quantitative estimate of drug-likeness (QED) is 0.741. The van der Waals surface area contributed by atoms with Gasteiger partial charge in [-0.2, -0.15) is 4.79 Å². The van der Waals surface area contributed by atoms with Crippen LogP contribution in [0.1, 0.15) is 33.6 Å². The Morgan fingerprint density at radius 3 is 2.47 bits per heavy atom. The van der Waals surface area contributed by atoms with E-state index in [2.05, 4.69) is 0 Å². The van der Waals surface area contributed by atoms with Crippen molar-refractivity contribution in [1.82, 2.24) is 4.90 Å². The van der Waals surface area contributed by atoms with Crippen LogP contribution in [0.4, 0.5) is 4.79 Å². The Kier molecular flexibility index (Phi) is 5.47. The molecule has 1 heterocycles. The van der Waals surface area contributed by atoms with Gasteiger partial charge in [0.15, 0.2) is 12.3 Å². The van der Waals surface area contributed by atoms with Crippen LogP contribution in [-0.2, 0) is 9.59 Å². The summed E-state index contributed by atoms with van der Waals surface area (Å²) < 4.78 is 0. The summed E-state index contributed by atoms with van der Waals surface area (Å²) in [5.41, 5.74) is 0. The molecule has 2 atom stereocenters. The van der Waals surface area contributed by atoms with E-state index in [0.29, 0.717) is 6.54 Å². The number of ketones is 1. The van der Waals surface area contributed by atoms with Gasteiger partial charge in [-0.15, -0.1) is 0 Å². The molecule has 3 N–H and O–H groups in total. The third kappa shape index (κ3) is 3.76. The molecule has 2 amide bonds. The maximum Gasteiger partial charge on any atom is 0.510 e. The van der Waals surface area contributed by atoms with Gasteiger partial charge in [-0.25, -0.2) is 5.32 Å². The first-order valence-electron chi connectivity index (χ1n) is 6.77. The fourth-order valence-electron chi connectivity index (χ4n) is 2.58. The van der Waals surface area contributed by atoms with E-state index in [1.54, 1.807) is 4.90 Å². The van der Waals surface area contributed by atoms with Crippen molar-refractivity contribution in [3.05, 3.63) is 0 Å². The SMILES string of the molecule is CCC1CCN(C(=O)C[NH2+]C(=O)O)C1C(=O)C(C)C. The molecule has 2 unspecified atom stereocenters. The Labute approximate surface area is 113 Å². The molecule has 6 heteroatoms. The number of quaternary nitrogens is 1. The molecule has 1 saturated heterocycles. The van der Waals surface area contributed by atoms with Gasteiger partial charge in [0.05, 0.1) is 6.04 Å². The lowest BCUT2D eigenvalue weighted by molar-refractivity contribution is -0.557. The van der Waals surface area contributed by atoms with Gasteiger partial charge >= 0.3 is 6.09 Å². The van der Waals surface area contributed by atoms with Crippen molar-refractivity contribution >= 4 is 17.8 Å². The first-order chi connectivity index (χ1) is 8.88. The number of Topliss-reactive ketones (excluding diaryl/α,β-unsaturated/α-hetero) is 1. The van der Waals surface area contributed by atoms with Crippen LogP contribution in [0.2, 0.25) is 0 Å². The highest BCUT2D eigenvalue weighted by molar-refractivity contribution is 5.91. The maximum atomic E-state index is 12.2. The van der Waals surface area contributed by atoms with Gasteiger partial charge in [0.25, 0.3) is 5.91 Å². The normalized spacial score (nSPS) is 22.8. The van der Waals surface area contributed by atoms with Gasteiger partial charge < -0.3 is 10.0 Å². The van der Waals surface area contributed by atoms with Crippen molar-refractivity contribution in [1.29, 1.82) is 0 Å². The second-order valence-electron chi connectivity index (χ2n) is 5.29. The molecule has 1 fully saturated rings. The molecule has 108 valence electrons. The number of rotatable bonds is 5. The topological polar surface area (TPSA) is 91.3 Å². The van der Waals surface area contributed by atoms with Crippen molar-refractivity contribution in [3.8, 4) is 0 Å². The van der Waals surface area contributed by atoms with Crippen LogP contribution in [0.5, 0.6) is 0 Å². The molecular formula is C13H23N2O4+. The molecule has 0 aliphatic carbocycles. The lowest BCUT2D eigenvalue weighted by Crippen LogP contribution is -2.90. The van der Waals surface area contributed by atoms with Gasteiger partial charge in [0.1, 0.15) is 0 Å². The number of nitrogens with two attached hydrogens (primary N) is 1. The van der Waals surface area contributed by atoms with Crippen LogP contribution < -0.4 is 5.32 Å². The first kappa shape index (κ1) is 15.6. The summed E-state index contributed by atoms with van der Waals surface area (Å²) in [6.07, 6.45) is 0.569. The molecule has 0 bridgehead atoms. The smallest absolute Gasteiger partial charge is 0.436 e. The van der Waals surface area contributed by atoms with E-state index in [1.165, 1.54) is 0 Å². The Morgan fingerprint density at radius 2 is 2.00 bits per heavy atom. The number of primary amides is 1. The van der Waals surface area contributed by atoms with Crippen molar-refractivity contribution in [2.45, 2.75) is 39.7 Å². The monoisotopic (exact) mass is 271 g/mol. The van der Waals surface area contributed by atoms with Crippen molar-refractivity contribution in [2.24, 2.45) is 11.8 Å². The maximum absolute atomic E-state index is 12.2. The lowest BCUT2D eigenvalue weighted by Gasteiger charge is -2.27. The lowest BCUT2D eigenvalue weighted by atomic mass is 9.89. The zero-order chi connectivity index (χ0) is 14.6. The van der Waals surface area contributed by atoms with E-state index in [-0.39, 0.29) is 36.1 Å². The summed E-state index contributed by atoms with van der Waals surface area (Å²) in [5, 5.41) is 9.52. The summed E-state index contributed by atoms with van der Waals surface area (Å²) >= 11 is 0. The molecular weight excluding hydrogens is 248 g/mol. The Bertz CT molecular complexity index is 368. The van der Waals surface area contributed by atoms with Gasteiger partial charge in [0.2, 0.25) is 0 Å². The standard InChI is InChI=1S/C13H22N2O4/c1-4-9-5-6-15(10(16)7-14-13(18)19)11(9)12(17)8(2)3/h8-9,11,14H,4-7H2,1-3H3,(H,18,19)/p+1. The van der Waals surface area contributed by atoms with E-state index in [9.17, 15) is 14.4 Å². The van der Waals surface area contributed by atoms with Gasteiger partial charge in [-0.05, 0) is 12.3 Å². The average molecular weight is 271 g/mol. The highest BCUT2D eigenvalue weighted by Gasteiger charge is 2.41. The van der Waals surface area contributed by atoms with Gasteiger partial charge in [-0.1, -0.05) is 27.2 Å². The molecule has 0 saturated carbocycles. The molecule has 0 radical (unpaired) electrons. The number of hydrogen-bond donors (Lipinski definition) is 2. The van der Waals surface area contributed by atoms with Crippen molar-refractivity contribution in [3.63, 3.8) is 0 Å². The fraction of sp³-hybridized carbons (Fsp3) is 0.769. The molecule has 1 aliphatic heterocycles. The summed E-state index contributed by atoms with van der Waals surface area (Å²) in [6.45, 7) is 6.09. The van der Waals surface area contributed by atoms with Crippen LogP contribution in [0, 0.1) is 11.8 Å². The third-order valence-corrected chi connectivity index (χ3v) is 3.68. The Morgan fingerprint density at radius 1 is 1.37 bits per heavy atom. The van der Waals surface area contributed by atoms with E-state index in [4.69, 9.17) is 5.11 Å². The van der Waals surface area contributed by atoms with E-state index in [0.717, 1.165) is 18.2 Å². The summed E-state index contributed by atoms with van der Waals surface area (Å²) in [7, 11) is 0. The number of nitrogens with zero attached hydrogens (tertiary/aromatic N) is 1. The second-order valence-corrected chi connectivity index (χ2v) is 5.29. The largest absolute Gasteiger partial charge is 0.510 e.